The quantitative estimate of drug-likeness (QED) is 0.596. The minimum absolute atomic E-state index is 0.134. The van der Waals surface area contributed by atoms with Crippen molar-refractivity contribution in [3.63, 3.8) is 0 Å². The molecule has 0 aromatic heterocycles. The van der Waals surface area contributed by atoms with E-state index >= 15 is 0 Å². The van der Waals surface area contributed by atoms with Gasteiger partial charge in [-0.2, -0.15) is 0 Å². The minimum Gasteiger partial charge on any atom is -0.493 e. The lowest BCUT2D eigenvalue weighted by Gasteiger charge is -2.11. The Morgan fingerprint density at radius 1 is 1.14 bits per heavy atom. The van der Waals surface area contributed by atoms with Gasteiger partial charge in [0.2, 0.25) is 0 Å². The molecule has 0 aliphatic rings. The lowest BCUT2D eigenvalue weighted by Crippen LogP contribution is -1.97. The lowest BCUT2D eigenvalue weighted by atomic mass is 10.2. The van der Waals surface area contributed by atoms with E-state index in [0.29, 0.717) is 24.4 Å². The summed E-state index contributed by atoms with van der Waals surface area (Å²) in [6, 6.07) is 15.3. The molecule has 0 bridgehead atoms. The van der Waals surface area contributed by atoms with Crippen LogP contribution in [0.15, 0.2) is 53.6 Å². The largest absolute Gasteiger partial charge is 0.493 e. The van der Waals surface area contributed by atoms with Crippen molar-refractivity contribution in [2.24, 2.45) is 0 Å². The molecule has 0 atom stereocenters. The number of rotatable bonds is 6. The van der Waals surface area contributed by atoms with Crippen molar-refractivity contribution in [1.82, 2.24) is 0 Å². The Kier molecular flexibility index (Phi) is 5.41. The third kappa shape index (κ3) is 4.36. The first-order valence-electron chi connectivity index (χ1n) is 6.40. The van der Waals surface area contributed by atoms with Crippen LogP contribution in [0.25, 0.3) is 6.08 Å². The van der Waals surface area contributed by atoms with Crippen molar-refractivity contribution in [1.29, 1.82) is 0 Å². The fraction of sp³-hybridized carbons (Fsp3) is 0.118. The van der Waals surface area contributed by atoms with E-state index in [1.54, 1.807) is 25.3 Å². The van der Waals surface area contributed by atoms with Crippen molar-refractivity contribution in [3.8, 4) is 11.5 Å². The zero-order valence-electron chi connectivity index (χ0n) is 11.6. The molecule has 0 saturated carbocycles. The van der Waals surface area contributed by atoms with Crippen molar-refractivity contribution in [3.05, 3.63) is 64.7 Å². The number of methoxy groups -OCH3 is 1. The second-order valence-corrected chi connectivity index (χ2v) is 4.77. The number of hydrogen-bond acceptors (Lipinski definition) is 3. The first kappa shape index (κ1) is 15.1. The van der Waals surface area contributed by atoms with Gasteiger partial charge in [-0.3, -0.25) is 4.79 Å². The Labute approximate surface area is 128 Å². The highest BCUT2D eigenvalue weighted by molar-refractivity contribution is 6.40. The number of carbonyl (C=O) groups excluding carboxylic acids is 1. The van der Waals surface area contributed by atoms with Gasteiger partial charge >= 0.3 is 0 Å². The van der Waals surface area contributed by atoms with E-state index in [-0.39, 0.29) is 5.03 Å². The number of carbonyl (C=O) groups is 1. The van der Waals surface area contributed by atoms with Crippen molar-refractivity contribution in [2.75, 3.05) is 7.11 Å². The lowest BCUT2D eigenvalue weighted by molar-refractivity contribution is -0.104. The average molecular weight is 303 g/mol. The standard InChI is InChI=1S/C17H15ClO3/c1-20-17-10-14(9-15(18)11-19)7-8-16(17)21-12-13-5-3-2-4-6-13/h2-11H,12H2,1H3/b15-9-. The molecule has 0 heterocycles. The third-order valence-electron chi connectivity index (χ3n) is 2.84. The number of allylic oxidation sites excluding steroid dienone is 1. The number of benzene rings is 2. The van der Waals surface area contributed by atoms with Crippen molar-refractivity contribution in [2.45, 2.75) is 6.61 Å². The van der Waals surface area contributed by atoms with Gasteiger partial charge in [0.25, 0.3) is 0 Å². The maximum atomic E-state index is 10.5. The van der Waals surface area contributed by atoms with Gasteiger partial charge in [0, 0.05) is 0 Å². The Morgan fingerprint density at radius 3 is 2.57 bits per heavy atom. The molecule has 0 aliphatic heterocycles. The van der Waals surface area contributed by atoms with E-state index in [1.165, 1.54) is 0 Å². The van der Waals surface area contributed by atoms with E-state index in [0.717, 1.165) is 11.1 Å². The van der Waals surface area contributed by atoms with Gasteiger partial charge in [-0.15, -0.1) is 0 Å². The zero-order valence-corrected chi connectivity index (χ0v) is 12.3. The highest BCUT2D eigenvalue weighted by atomic mass is 35.5. The normalized spacial score (nSPS) is 11.0. The number of aldehydes is 1. The summed E-state index contributed by atoms with van der Waals surface area (Å²) in [5, 5.41) is 0.134. The summed E-state index contributed by atoms with van der Waals surface area (Å²) in [6.45, 7) is 0.460. The SMILES string of the molecule is COc1cc(/C=C(\Cl)C=O)ccc1OCc1ccccc1. The van der Waals surface area contributed by atoms with Crippen LogP contribution in [0, 0.1) is 0 Å². The molecule has 2 aromatic carbocycles. The van der Waals surface area contributed by atoms with E-state index in [4.69, 9.17) is 21.1 Å². The highest BCUT2D eigenvalue weighted by Crippen LogP contribution is 2.29. The van der Waals surface area contributed by atoms with Crippen LogP contribution in [-0.2, 0) is 11.4 Å². The molecule has 0 unspecified atom stereocenters. The van der Waals surface area contributed by atoms with E-state index in [2.05, 4.69) is 0 Å². The molecule has 0 aliphatic carbocycles. The number of ether oxygens (including phenoxy) is 2. The molecule has 4 heteroatoms. The third-order valence-corrected chi connectivity index (χ3v) is 3.04. The van der Waals surface area contributed by atoms with Gasteiger partial charge in [-0.05, 0) is 29.3 Å². The van der Waals surface area contributed by atoms with Crippen molar-refractivity contribution >= 4 is 24.0 Å². The van der Waals surface area contributed by atoms with Gasteiger partial charge in [-0.25, -0.2) is 0 Å². The first-order valence-corrected chi connectivity index (χ1v) is 6.78. The average Bonchev–Trinajstić information content (AvgIpc) is 2.54. The molecule has 3 nitrogen and oxygen atoms in total. The summed E-state index contributed by atoms with van der Waals surface area (Å²) in [4.78, 5) is 10.5. The molecule has 0 radical (unpaired) electrons. The Hall–Kier alpha value is -2.26. The monoisotopic (exact) mass is 302 g/mol. The zero-order chi connectivity index (χ0) is 15.1. The molecule has 0 N–H and O–H groups in total. The summed E-state index contributed by atoms with van der Waals surface area (Å²) >= 11 is 5.70. The minimum atomic E-state index is 0.134. The molecule has 0 spiro atoms. The van der Waals surface area contributed by atoms with Crippen LogP contribution >= 0.6 is 11.6 Å². The van der Waals surface area contributed by atoms with Crippen molar-refractivity contribution < 1.29 is 14.3 Å². The second-order valence-electron chi connectivity index (χ2n) is 4.33. The molecule has 21 heavy (non-hydrogen) atoms. The molecule has 0 saturated heterocycles. The fourth-order valence-corrected chi connectivity index (χ4v) is 1.95. The van der Waals surface area contributed by atoms with E-state index < -0.39 is 0 Å². The van der Waals surface area contributed by atoms with Crippen LogP contribution < -0.4 is 9.47 Å². The van der Waals surface area contributed by atoms with Gasteiger partial charge in [-0.1, -0.05) is 48.0 Å². The molecule has 0 fully saturated rings. The Morgan fingerprint density at radius 2 is 1.90 bits per heavy atom. The number of halogens is 1. The fourth-order valence-electron chi connectivity index (χ4n) is 1.82. The first-order chi connectivity index (χ1) is 10.2. The van der Waals surface area contributed by atoms with Crippen LogP contribution in [0.4, 0.5) is 0 Å². The van der Waals surface area contributed by atoms with Crippen LogP contribution in [0.5, 0.6) is 11.5 Å². The highest BCUT2D eigenvalue weighted by Gasteiger charge is 2.06. The molecule has 2 aromatic rings. The topological polar surface area (TPSA) is 35.5 Å². The Balaban J connectivity index is 2.15. The van der Waals surface area contributed by atoms with Crippen LogP contribution in [0.1, 0.15) is 11.1 Å². The summed E-state index contributed by atoms with van der Waals surface area (Å²) in [6.07, 6.45) is 2.16. The van der Waals surface area contributed by atoms with Gasteiger partial charge < -0.3 is 9.47 Å². The van der Waals surface area contributed by atoms with Gasteiger partial charge in [0.15, 0.2) is 17.8 Å². The second kappa shape index (κ2) is 7.50. The van der Waals surface area contributed by atoms with Crippen LogP contribution in [0.3, 0.4) is 0 Å². The Bertz CT molecular complexity index is 636. The smallest absolute Gasteiger partial charge is 0.161 e. The maximum absolute atomic E-state index is 10.5. The predicted octanol–water partition coefficient (Wildman–Crippen LogP) is 4.05. The summed E-state index contributed by atoms with van der Waals surface area (Å²) in [7, 11) is 1.57. The molecular formula is C17H15ClO3. The van der Waals surface area contributed by atoms with E-state index in [1.807, 2.05) is 36.4 Å². The summed E-state index contributed by atoms with van der Waals surface area (Å²) in [5.74, 6) is 1.23. The molecule has 108 valence electrons. The van der Waals surface area contributed by atoms with Crippen LogP contribution in [-0.4, -0.2) is 13.4 Å². The molecular weight excluding hydrogens is 288 g/mol. The summed E-state index contributed by atoms with van der Waals surface area (Å²) < 4.78 is 11.1. The molecule has 2 rings (SSSR count). The van der Waals surface area contributed by atoms with Crippen LogP contribution in [0.2, 0.25) is 0 Å². The maximum Gasteiger partial charge on any atom is 0.161 e. The predicted molar refractivity (Wildman–Crippen MR) is 83.7 cm³/mol. The molecule has 0 amide bonds. The summed E-state index contributed by atoms with van der Waals surface area (Å²) in [5.41, 5.74) is 1.85. The van der Waals surface area contributed by atoms with Gasteiger partial charge in [0.1, 0.15) is 6.61 Å². The van der Waals surface area contributed by atoms with E-state index in [9.17, 15) is 4.79 Å². The number of hydrogen-bond donors (Lipinski definition) is 0. The van der Waals surface area contributed by atoms with Gasteiger partial charge in [0.05, 0.1) is 12.1 Å².